The number of hydrogen-bond donors (Lipinski definition) is 7. The van der Waals surface area contributed by atoms with Gasteiger partial charge in [0.25, 0.3) is 5.91 Å². The summed E-state index contributed by atoms with van der Waals surface area (Å²) in [4.78, 5) is 96.9. The van der Waals surface area contributed by atoms with Gasteiger partial charge in [-0.1, -0.05) is 299 Å². The Bertz CT molecular complexity index is 4780. The number of halogens is 2. The number of rotatable bonds is 32. The van der Waals surface area contributed by atoms with Crippen molar-refractivity contribution in [2.45, 2.75) is 138 Å². The molecule has 6 atom stereocenters. The summed E-state index contributed by atoms with van der Waals surface area (Å²) in [5.41, 5.74) is 14.9. The summed E-state index contributed by atoms with van der Waals surface area (Å²) < 4.78 is 0. The highest BCUT2D eigenvalue weighted by Crippen LogP contribution is 2.32. The quantitative estimate of drug-likeness (QED) is 0.0197. The van der Waals surface area contributed by atoms with E-state index >= 15 is 0 Å². The Morgan fingerprint density at radius 2 is 0.714 bits per heavy atom. The van der Waals surface area contributed by atoms with E-state index in [0.717, 1.165) is 84.4 Å². The van der Waals surface area contributed by atoms with Crippen LogP contribution in [0.1, 0.15) is 157 Å². The number of primary amides is 1. The molecule has 17 nitrogen and oxygen atoms in total. The first-order chi connectivity index (χ1) is 58.0. The van der Waals surface area contributed by atoms with Gasteiger partial charge in [-0.25, -0.2) is 0 Å². The van der Waals surface area contributed by atoms with Crippen molar-refractivity contribution >= 4 is 87.5 Å². The summed E-state index contributed by atoms with van der Waals surface area (Å²) in [5.74, 6) is -0.479. The van der Waals surface area contributed by atoms with Crippen molar-refractivity contribution in [3.05, 3.63) is 345 Å². The van der Waals surface area contributed by atoms with Gasteiger partial charge in [-0.3, -0.25) is 33.6 Å². The summed E-state index contributed by atoms with van der Waals surface area (Å²) in [6.07, 6.45) is 14.7. The van der Waals surface area contributed by atoms with Gasteiger partial charge in [-0.15, -0.1) is 0 Å². The van der Waals surface area contributed by atoms with Gasteiger partial charge in [0.2, 0.25) is 35.4 Å². The molecule has 0 unspecified atom stereocenters. The lowest BCUT2D eigenvalue weighted by molar-refractivity contribution is -0.134. The normalized spacial score (nSPS) is 17.7. The van der Waals surface area contributed by atoms with E-state index in [2.05, 4.69) is 167 Å². The second-order valence-electron chi connectivity index (χ2n) is 30.9. The Balaban J connectivity index is 0.000000175. The maximum absolute atomic E-state index is 13.9. The third-order valence-corrected chi connectivity index (χ3v) is 22.8. The Kier molecular flexibility index (Phi) is 34.8. The molecule has 13 rings (SSSR count). The molecule has 7 amide bonds. The highest BCUT2D eigenvalue weighted by molar-refractivity contribution is 6.31. The number of nitrogens with two attached hydrogens (primary N) is 1. The number of nitrogens with zero attached hydrogens (tertiary/aromatic N) is 3. The molecule has 3 aliphatic heterocycles. The number of fused-ring (bicyclic) bond motifs is 1. The number of carbonyl (C=O) groups is 7. The molecule has 0 bridgehead atoms. The van der Waals surface area contributed by atoms with Crippen LogP contribution in [0.15, 0.2) is 285 Å². The van der Waals surface area contributed by atoms with Gasteiger partial charge in [0.05, 0.1) is 18.1 Å². The van der Waals surface area contributed by atoms with Crippen molar-refractivity contribution < 1.29 is 33.6 Å². The lowest BCUT2D eigenvalue weighted by Gasteiger charge is -2.29. The van der Waals surface area contributed by atoms with Gasteiger partial charge >= 0.3 is 0 Å². The van der Waals surface area contributed by atoms with Crippen LogP contribution in [0, 0.1) is 0 Å². The molecule has 3 heterocycles. The first-order valence-electron chi connectivity index (χ1n) is 42.0. The molecule has 119 heavy (non-hydrogen) atoms. The lowest BCUT2D eigenvalue weighted by atomic mass is 9.90. The van der Waals surface area contributed by atoms with Crippen molar-refractivity contribution in [1.29, 1.82) is 0 Å². The number of hydrogen-bond acceptors (Lipinski definition) is 10. The third-order valence-electron chi connectivity index (χ3n) is 22.3. The summed E-state index contributed by atoms with van der Waals surface area (Å²) in [6, 6.07) is 89.3. The maximum atomic E-state index is 13.9. The van der Waals surface area contributed by atoms with Gasteiger partial charge in [-0.05, 0) is 142 Å². The molecule has 0 aromatic heterocycles. The molecular weight excluding hydrogens is 1520 g/mol. The second-order valence-corrected chi connectivity index (χ2v) is 31.8. The fourth-order valence-corrected chi connectivity index (χ4v) is 15.9. The van der Waals surface area contributed by atoms with E-state index < -0.39 is 11.9 Å². The van der Waals surface area contributed by atoms with Crippen molar-refractivity contribution in [1.82, 2.24) is 46.6 Å². The van der Waals surface area contributed by atoms with Crippen LogP contribution in [0.25, 0.3) is 22.9 Å². The fraction of sp³-hybridized carbons (Fsp3) is 0.310. The minimum absolute atomic E-state index is 0.00241. The van der Waals surface area contributed by atoms with Crippen molar-refractivity contribution in [2.75, 3.05) is 58.9 Å². The average molecular weight is 1640 g/mol. The van der Waals surface area contributed by atoms with E-state index in [4.69, 9.17) is 28.9 Å². The van der Waals surface area contributed by atoms with Crippen LogP contribution in [0.4, 0.5) is 0 Å². The minimum atomic E-state index is -0.575. The zero-order chi connectivity index (χ0) is 83.5. The molecule has 19 heteroatoms. The SMILES string of the molecule is CCCC[C@@H]1N[C@H](CNC(=O)/C=C/c2ccc(Cl)cc2)CCN(CC(c2ccccc2)c2ccccc2)C1=O.CCCC[C@@H]1N[C@H](CNC(=O)c2ccc3ccccc3c2)CCN(CC(c2ccccc2)c2ccccc2)C1=O.NC(=O)CC[C@@H]1N[C@H](CNC(=O)/C=C/c2ccc(Cl)cc2)CCN(CC(c2ccccc2)c2ccccc2)C1=O. The molecule has 0 spiro atoms. The molecule has 0 radical (unpaired) electrons. The molecule has 0 aliphatic carbocycles. The molecule has 3 saturated heterocycles. The van der Waals surface area contributed by atoms with E-state index in [0.29, 0.717) is 87.4 Å². The van der Waals surface area contributed by atoms with Crippen molar-refractivity contribution in [3.8, 4) is 0 Å². The Morgan fingerprint density at radius 1 is 0.403 bits per heavy atom. The van der Waals surface area contributed by atoms with Crippen molar-refractivity contribution in [2.24, 2.45) is 5.73 Å². The van der Waals surface area contributed by atoms with Crippen molar-refractivity contribution in [3.63, 3.8) is 0 Å². The topological polar surface area (TPSA) is 227 Å². The first kappa shape index (κ1) is 88.5. The maximum Gasteiger partial charge on any atom is 0.251 e. The molecular formula is C100H112Cl2N10O7. The average Bonchev–Trinajstić information content (AvgIpc) is 1.82. The summed E-state index contributed by atoms with van der Waals surface area (Å²) in [5, 5.41) is 23.1. The second kappa shape index (κ2) is 46.7. The van der Waals surface area contributed by atoms with Crippen LogP contribution in [0.2, 0.25) is 10.0 Å². The monoisotopic (exact) mass is 1630 g/mol. The van der Waals surface area contributed by atoms with Gasteiger partial charge in [0.15, 0.2) is 0 Å². The van der Waals surface area contributed by atoms with E-state index in [1.165, 1.54) is 34.4 Å². The van der Waals surface area contributed by atoms with Gasteiger partial charge in [0.1, 0.15) is 0 Å². The molecule has 3 aliphatic rings. The van der Waals surface area contributed by atoms with Gasteiger partial charge in [0, 0.05) is 129 Å². The van der Waals surface area contributed by atoms with Crippen LogP contribution in [-0.4, -0.2) is 151 Å². The van der Waals surface area contributed by atoms with Gasteiger partial charge < -0.3 is 52.3 Å². The molecule has 3 fully saturated rings. The number of amides is 7. The summed E-state index contributed by atoms with van der Waals surface area (Å²) in [7, 11) is 0. The predicted octanol–water partition coefficient (Wildman–Crippen LogP) is 16.3. The van der Waals surface area contributed by atoms with E-state index in [9.17, 15) is 33.6 Å². The third kappa shape index (κ3) is 27.6. The Morgan fingerprint density at radius 3 is 1.04 bits per heavy atom. The number of nitrogens with one attached hydrogen (secondary N) is 6. The number of benzene rings is 10. The molecule has 618 valence electrons. The van der Waals surface area contributed by atoms with Crippen LogP contribution < -0.4 is 37.6 Å². The number of unbranched alkanes of at least 4 members (excludes halogenated alkanes) is 2. The zero-order valence-corrected chi connectivity index (χ0v) is 69.7. The minimum Gasteiger partial charge on any atom is -0.370 e. The molecule has 8 N–H and O–H groups in total. The standard InChI is InChI=1S/C35H39N3O2.C33H38ClN3O2.C32H35ClN4O3/c1-2-3-18-33-35(40)38(25-32(27-13-6-4-7-14-27)28-15-8-5-9-16-28)22-21-31(37-33)24-36-34(39)30-20-19-26-12-10-11-17-29(26)23-30;1-2-3-14-31-33(39)37(24-30(26-10-6-4-7-11-26)27-12-8-5-9-13-27)22-21-29(36-31)23-35-32(38)20-17-25-15-18-28(34)19-16-25;33-26-14-11-23(12-15-26)13-18-31(39)35-21-27-19-20-37(32(40)29(36-27)16-17-30(34)38)22-28(24-7-3-1-4-8-24)25-9-5-2-6-10-25/h4-17,19-20,23,31-33,37H,2-3,18,21-22,24-25H2,1H3,(H,36,39);4-13,15-20,29-31,36H,2-3,14,21-24H2,1H3,(H,35,38);1-15,18,27-29,36H,16-17,19-22H2,(H2,34,38)(H,35,39)/b;20-17+;18-13+/t31-,33-;29-,31-;27-,29-/m000/s1. The molecule has 10 aromatic rings. The molecule has 0 saturated carbocycles. The Hall–Kier alpha value is -11.3. The van der Waals surface area contributed by atoms with E-state index in [1.807, 2.05) is 142 Å². The summed E-state index contributed by atoms with van der Waals surface area (Å²) >= 11 is 11.9. The molecule has 10 aromatic carbocycles. The Labute approximate surface area is 711 Å². The van der Waals surface area contributed by atoms with Gasteiger partial charge in [-0.2, -0.15) is 0 Å². The summed E-state index contributed by atoms with van der Waals surface area (Å²) in [6.45, 7) is 9.18. The predicted molar refractivity (Wildman–Crippen MR) is 481 cm³/mol. The zero-order valence-electron chi connectivity index (χ0n) is 68.2. The van der Waals surface area contributed by atoms with Crippen LogP contribution >= 0.6 is 23.2 Å². The first-order valence-corrected chi connectivity index (χ1v) is 42.7. The highest BCUT2D eigenvalue weighted by Gasteiger charge is 2.36. The van der Waals surface area contributed by atoms with Crippen LogP contribution in [0.3, 0.4) is 0 Å². The van der Waals surface area contributed by atoms with E-state index in [1.54, 1.807) is 36.4 Å². The highest BCUT2D eigenvalue weighted by atomic mass is 35.5. The van der Waals surface area contributed by atoms with Crippen LogP contribution in [-0.2, 0) is 28.8 Å². The smallest absolute Gasteiger partial charge is 0.251 e. The fourth-order valence-electron chi connectivity index (χ4n) is 15.7. The number of carbonyl (C=O) groups excluding carboxylic acids is 7. The van der Waals surface area contributed by atoms with E-state index in [-0.39, 0.29) is 89.8 Å². The van der Waals surface area contributed by atoms with Crippen LogP contribution in [0.5, 0.6) is 0 Å². The lowest BCUT2D eigenvalue weighted by Crippen LogP contribution is -2.49. The largest absolute Gasteiger partial charge is 0.370 e.